The van der Waals surface area contributed by atoms with Crippen molar-refractivity contribution < 1.29 is 33.0 Å². The molecule has 0 bridgehead atoms. The summed E-state index contributed by atoms with van der Waals surface area (Å²) in [7, 11) is 0. The molecule has 6 nitrogen and oxygen atoms in total. The van der Waals surface area contributed by atoms with Crippen molar-refractivity contribution in [1.29, 1.82) is 0 Å². The van der Waals surface area contributed by atoms with Crippen molar-refractivity contribution in [2.75, 3.05) is 19.6 Å². The van der Waals surface area contributed by atoms with Gasteiger partial charge in [0.15, 0.2) is 5.60 Å². The molecule has 1 rings (SSSR count). The molecule has 3 N–H and O–H groups in total. The molecule has 0 aromatic rings. The predicted molar refractivity (Wildman–Crippen MR) is 52.8 cm³/mol. The predicted octanol–water partition coefficient (Wildman–Crippen LogP) is 0.170. The Kier molecular flexibility index (Phi) is 4.05. The first-order chi connectivity index (χ1) is 8.16. The topological polar surface area (TPSA) is 89.9 Å². The first-order valence-corrected chi connectivity index (χ1v) is 5.19. The summed E-state index contributed by atoms with van der Waals surface area (Å²) in [6, 6.07) is -0.809. The van der Waals surface area contributed by atoms with Gasteiger partial charge in [-0.2, -0.15) is 13.2 Å². The summed E-state index contributed by atoms with van der Waals surface area (Å²) in [6.07, 6.45) is -5.69. The van der Waals surface area contributed by atoms with E-state index in [0.717, 1.165) is 4.90 Å². The van der Waals surface area contributed by atoms with Gasteiger partial charge in [-0.25, -0.2) is 4.79 Å². The molecule has 1 fully saturated rings. The number of carbonyl (C=O) groups excluding carboxylic acids is 1. The first kappa shape index (κ1) is 14.6. The highest BCUT2D eigenvalue weighted by Crippen LogP contribution is 2.37. The Morgan fingerprint density at radius 2 is 2.00 bits per heavy atom. The molecule has 0 aromatic carbocycles. The lowest BCUT2D eigenvalue weighted by atomic mass is 10.0. The molecule has 9 heteroatoms. The number of carboxylic acid groups (broad SMARTS) is 1. The minimum absolute atomic E-state index is 0.172. The van der Waals surface area contributed by atoms with Crippen molar-refractivity contribution >= 4 is 12.0 Å². The zero-order valence-electron chi connectivity index (χ0n) is 9.33. The quantitative estimate of drug-likeness (QED) is 0.682. The number of amides is 2. The number of aliphatic hydroxyl groups is 1. The summed E-state index contributed by atoms with van der Waals surface area (Å²) >= 11 is 0. The van der Waals surface area contributed by atoms with Crippen molar-refractivity contribution in [3.05, 3.63) is 0 Å². The monoisotopic (exact) mass is 270 g/mol. The van der Waals surface area contributed by atoms with Gasteiger partial charge in [-0.05, 0) is 0 Å². The second-order valence-corrected chi connectivity index (χ2v) is 4.08. The molecule has 0 saturated carbocycles. The molecule has 1 atom stereocenters. The van der Waals surface area contributed by atoms with Crippen molar-refractivity contribution in [2.45, 2.75) is 24.6 Å². The fourth-order valence-corrected chi connectivity index (χ4v) is 1.59. The van der Waals surface area contributed by atoms with E-state index in [4.69, 9.17) is 5.11 Å². The Morgan fingerprint density at radius 3 is 2.44 bits per heavy atom. The third-order valence-electron chi connectivity index (χ3n) is 2.68. The average Bonchev–Trinajstić information content (AvgIpc) is 2.60. The second kappa shape index (κ2) is 5.01. The molecule has 1 heterocycles. The highest BCUT2D eigenvalue weighted by Gasteiger charge is 2.57. The molecule has 2 amide bonds. The van der Waals surface area contributed by atoms with Crippen LogP contribution in [0.4, 0.5) is 18.0 Å². The number of aliphatic carboxylic acids is 1. The number of halogens is 3. The van der Waals surface area contributed by atoms with Gasteiger partial charge in [-0.1, -0.05) is 0 Å². The molecule has 1 unspecified atom stereocenters. The van der Waals surface area contributed by atoms with Crippen LogP contribution in [0.3, 0.4) is 0 Å². The van der Waals surface area contributed by atoms with E-state index in [9.17, 15) is 27.9 Å². The highest BCUT2D eigenvalue weighted by atomic mass is 19.4. The summed E-state index contributed by atoms with van der Waals surface area (Å²) in [6.45, 7) is -1.24. The number of carboxylic acids is 1. The number of β-amino-alcohol motifs (C(OH)–C–C–N with tert-alkyl or cyclic N) is 1. The van der Waals surface area contributed by atoms with Crippen LogP contribution in [0.25, 0.3) is 0 Å². The average molecular weight is 270 g/mol. The largest absolute Gasteiger partial charge is 0.481 e. The van der Waals surface area contributed by atoms with Crippen molar-refractivity contribution in [3.63, 3.8) is 0 Å². The van der Waals surface area contributed by atoms with E-state index in [1.165, 1.54) is 0 Å². The third kappa shape index (κ3) is 3.25. The molecule has 0 aromatic heterocycles. The van der Waals surface area contributed by atoms with E-state index < -0.39 is 36.7 Å². The van der Waals surface area contributed by atoms with Crippen LogP contribution in [0.2, 0.25) is 0 Å². The number of urea groups is 1. The van der Waals surface area contributed by atoms with Gasteiger partial charge >= 0.3 is 18.2 Å². The lowest BCUT2D eigenvalue weighted by Gasteiger charge is -2.25. The first-order valence-electron chi connectivity index (χ1n) is 5.19. The molecular formula is C9H13F3N2O4. The van der Waals surface area contributed by atoms with Gasteiger partial charge in [-0.15, -0.1) is 0 Å². The number of hydrogen-bond donors (Lipinski definition) is 3. The number of nitrogens with zero attached hydrogens (tertiary/aromatic N) is 1. The summed E-state index contributed by atoms with van der Waals surface area (Å²) in [4.78, 5) is 22.4. The number of likely N-dealkylation sites (tertiary alicyclic amines) is 1. The van der Waals surface area contributed by atoms with Crippen LogP contribution < -0.4 is 5.32 Å². The standard InChI is InChI=1S/C9H13F3N2O4/c10-9(11,12)8(18)2-4-14(5-8)7(17)13-3-1-6(15)16/h18H,1-5H2,(H,13,17)(H,15,16). The van der Waals surface area contributed by atoms with Crippen LogP contribution in [-0.4, -0.2) is 58.5 Å². The summed E-state index contributed by atoms with van der Waals surface area (Å²) in [5, 5.41) is 19.8. The Hall–Kier alpha value is -1.51. The van der Waals surface area contributed by atoms with Crippen LogP contribution in [0.5, 0.6) is 0 Å². The minimum Gasteiger partial charge on any atom is -0.481 e. The van der Waals surface area contributed by atoms with E-state index in [1.807, 2.05) is 0 Å². The fraction of sp³-hybridized carbons (Fsp3) is 0.778. The zero-order chi connectivity index (χ0) is 14.0. The summed E-state index contributed by atoms with van der Waals surface area (Å²) < 4.78 is 37.4. The highest BCUT2D eigenvalue weighted by molar-refractivity contribution is 5.75. The van der Waals surface area contributed by atoms with Gasteiger partial charge in [0.2, 0.25) is 0 Å². The van der Waals surface area contributed by atoms with Crippen LogP contribution >= 0.6 is 0 Å². The lowest BCUT2D eigenvalue weighted by molar-refractivity contribution is -0.253. The fourth-order valence-electron chi connectivity index (χ4n) is 1.59. The summed E-state index contributed by atoms with van der Waals surface area (Å²) in [5.41, 5.74) is -2.88. The number of alkyl halides is 3. The maximum absolute atomic E-state index is 12.5. The molecule has 18 heavy (non-hydrogen) atoms. The molecule has 0 radical (unpaired) electrons. The van der Waals surface area contributed by atoms with Crippen molar-refractivity contribution in [3.8, 4) is 0 Å². The Labute approximate surface area is 100 Å². The number of nitrogens with one attached hydrogen (secondary N) is 1. The van der Waals surface area contributed by atoms with E-state index >= 15 is 0 Å². The Morgan fingerprint density at radius 1 is 1.39 bits per heavy atom. The van der Waals surface area contributed by atoms with Crippen LogP contribution in [0.1, 0.15) is 12.8 Å². The van der Waals surface area contributed by atoms with Gasteiger partial charge in [0.05, 0.1) is 13.0 Å². The number of hydrogen-bond acceptors (Lipinski definition) is 3. The van der Waals surface area contributed by atoms with Crippen LogP contribution in [-0.2, 0) is 4.79 Å². The van der Waals surface area contributed by atoms with Gasteiger partial charge in [0.25, 0.3) is 0 Å². The summed E-state index contributed by atoms with van der Waals surface area (Å²) in [5.74, 6) is -1.12. The van der Waals surface area contributed by atoms with E-state index in [0.29, 0.717) is 0 Å². The third-order valence-corrected chi connectivity index (χ3v) is 2.68. The van der Waals surface area contributed by atoms with Gasteiger partial charge in [-0.3, -0.25) is 4.79 Å². The number of rotatable bonds is 3. The Balaban J connectivity index is 2.47. The lowest BCUT2D eigenvalue weighted by Crippen LogP contribution is -2.49. The molecule has 0 spiro atoms. The van der Waals surface area contributed by atoms with Gasteiger partial charge < -0.3 is 20.4 Å². The van der Waals surface area contributed by atoms with Crippen LogP contribution in [0, 0.1) is 0 Å². The molecule has 1 aliphatic heterocycles. The maximum Gasteiger partial charge on any atom is 0.419 e. The molecule has 1 saturated heterocycles. The molecular weight excluding hydrogens is 257 g/mol. The molecule has 104 valence electrons. The van der Waals surface area contributed by atoms with Crippen molar-refractivity contribution in [1.82, 2.24) is 10.2 Å². The smallest absolute Gasteiger partial charge is 0.419 e. The molecule has 0 aliphatic carbocycles. The van der Waals surface area contributed by atoms with E-state index in [2.05, 4.69) is 5.32 Å². The van der Waals surface area contributed by atoms with E-state index in [-0.39, 0.29) is 19.5 Å². The van der Waals surface area contributed by atoms with E-state index in [1.54, 1.807) is 0 Å². The SMILES string of the molecule is O=C(O)CCNC(=O)N1CCC(O)(C(F)(F)F)C1. The maximum atomic E-state index is 12.5. The zero-order valence-corrected chi connectivity index (χ0v) is 9.33. The number of carbonyl (C=O) groups is 2. The minimum atomic E-state index is -4.79. The molecule has 1 aliphatic rings. The Bertz CT molecular complexity index is 347. The van der Waals surface area contributed by atoms with Gasteiger partial charge in [0.1, 0.15) is 0 Å². The normalized spacial score (nSPS) is 24.1. The van der Waals surface area contributed by atoms with Gasteiger partial charge in [0, 0.05) is 19.5 Å². The van der Waals surface area contributed by atoms with Crippen LogP contribution in [0.15, 0.2) is 0 Å². The van der Waals surface area contributed by atoms with Crippen molar-refractivity contribution in [2.24, 2.45) is 0 Å². The second-order valence-electron chi connectivity index (χ2n) is 4.08.